The molecule has 0 atom stereocenters. The van der Waals surface area contributed by atoms with Crippen LogP contribution >= 0.6 is 0 Å². The average molecular weight is 439 g/mol. The summed E-state index contributed by atoms with van der Waals surface area (Å²) in [4.78, 5) is 17.2. The maximum Gasteiger partial charge on any atom is 0.254 e. The first-order chi connectivity index (χ1) is 16.0. The molecule has 1 amide bonds. The molecule has 0 aromatic heterocycles. The van der Waals surface area contributed by atoms with Crippen molar-refractivity contribution in [1.29, 1.82) is 10.5 Å². The number of likely N-dealkylation sites (N-methyl/N-ethyl adjacent to an activating group) is 1. The molecule has 0 unspecified atom stereocenters. The molecule has 0 saturated carbocycles. The third-order valence-electron chi connectivity index (χ3n) is 5.17. The second-order valence-corrected chi connectivity index (χ2v) is 7.92. The molecule has 0 bridgehead atoms. The van der Waals surface area contributed by atoms with E-state index >= 15 is 0 Å². The van der Waals surface area contributed by atoms with Crippen LogP contribution in [0.5, 0.6) is 5.75 Å². The molecule has 0 saturated heterocycles. The first-order valence-electron chi connectivity index (χ1n) is 10.6. The molecule has 0 aliphatic heterocycles. The number of amides is 1. The lowest BCUT2D eigenvalue weighted by Gasteiger charge is -2.25. The topological polar surface area (TPSA) is 80.4 Å². The molecule has 3 aromatic rings. The van der Waals surface area contributed by atoms with Gasteiger partial charge in [-0.05, 0) is 56.1 Å². The van der Waals surface area contributed by atoms with Gasteiger partial charge in [-0.1, -0.05) is 36.4 Å². The Balaban J connectivity index is 1.75. The van der Waals surface area contributed by atoms with Gasteiger partial charge in [0, 0.05) is 30.8 Å². The standard InChI is InChI=1S/C27H26N4O2/c1-30(2)14-15-31(19-22-12-10-21(17-28)11-13-22)27(32)23-8-5-9-26(16-23)33-20-25-7-4-3-6-24(25)18-29/h3-13,16H,14-15,19-20H2,1-2H3. The number of nitriles is 2. The Bertz CT molecular complexity index is 1170. The van der Waals surface area contributed by atoms with Crippen molar-refractivity contribution in [3.63, 3.8) is 0 Å². The Hall–Kier alpha value is -4.13. The number of carbonyl (C=O) groups is 1. The summed E-state index contributed by atoms with van der Waals surface area (Å²) in [7, 11) is 3.94. The van der Waals surface area contributed by atoms with Crippen LogP contribution in [0, 0.1) is 22.7 Å². The zero-order valence-corrected chi connectivity index (χ0v) is 18.9. The number of rotatable bonds is 9. The van der Waals surface area contributed by atoms with E-state index in [1.54, 1.807) is 47.4 Å². The molecule has 3 aromatic carbocycles. The highest BCUT2D eigenvalue weighted by Crippen LogP contribution is 2.19. The average Bonchev–Trinajstić information content (AvgIpc) is 2.85. The van der Waals surface area contributed by atoms with Crippen molar-refractivity contribution in [2.45, 2.75) is 13.2 Å². The Morgan fingerprint density at radius 1 is 0.909 bits per heavy atom. The van der Waals surface area contributed by atoms with E-state index in [-0.39, 0.29) is 12.5 Å². The van der Waals surface area contributed by atoms with Gasteiger partial charge < -0.3 is 14.5 Å². The van der Waals surface area contributed by atoms with Crippen LogP contribution in [0.15, 0.2) is 72.8 Å². The van der Waals surface area contributed by atoms with Crippen LogP contribution in [0.2, 0.25) is 0 Å². The van der Waals surface area contributed by atoms with Crippen molar-refractivity contribution >= 4 is 5.91 Å². The SMILES string of the molecule is CN(C)CCN(Cc1ccc(C#N)cc1)C(=O)c1cccc(OCc2ccccc2C#N)c1. The number of hydrogen-bond donors (Lipinski definition) is 0. The summed E-state index contributed by atoms with van der Waals surface area (Å²) in [5, 5.41) is 18.3. The fourth-order valence-corrected chi connectivity index (χ4v) is 3.30. The van der Waals surface area contributed by atoms with Gasteiger partial charge in [0.1, 0.15) is 12.4 Å². The van der Waals surface area contributed by atoms with E-state index in [1.165, 1.54) is 0 Å². The lowest BCUT2D eigenvalue weighted by atomic mass is 10.1. The number of carbonyl (C=O) groups excluding carboxylic acids is 1. The second kappa shape index (κ2) is 11.5. The second-order valence-electron chi connectivity index (χ2n) is 7.92. The molecule has 0 fully saturated rings. The minimum atomic E-state index is -0.0934. The zero-order valence-electron chi connectivity index (χ0n) is 18.9. The number of ether oxygens (including phenoxy) is 1. The van der Waals surface area contributed by atoms with Crippen molar-refractivity contribution in [1.82, 2.24) is 9.80 Å². The Labute approximate surface area is 194 Å². The molecular weight excluding hydrogens is 412 g/mol. The predicted octanol–water partition coefficient (Wildman–Crippen LogP) is 4.21. The van der Waals surface area contributed by atoms with Gasteiger partial charge in [-0.3, -0.25) is 4.79 Å². The van der Waals surface area contributed by atoms with Crippen LogP contribution in [-0.4, -0.2) is 42.9 Å². The molecule has 0 aliphatic carbocycles. The predicted molar refractivity (Wildman–Crippen MR) is 126 cm³/mol. The molecule has 0 spiro atoms. The summed E-state index contributed by atoms with van der Waals surface area (Å²) in [5.74, 6) is 0.476. The summed E-state index contributed by atoms with van der Waals surface area (Å²) in [6.07, 6.45) is 0. The molecular formula is C27H26N4O2. The molecule has 0 heterocycles. The van der Waals surface area contributed by atoms with E-state index in [4.69, 9.17) is 10.00 Å². The molecule has 0 N–H and O–H groups in total. The van der Waals surface area contributed by atoms with Gasteiger partial charge in [0.25, 0.3) is 5.91 Å². The van der Waals surface area contributed by atoms with Gasteiger partial charge in [0.05, 0.1) is 23.3 Å². The Morgan fingerprint density at radius 3 is 2.36 bits per heavy atom. The maximum atomic E-state index is 13.4. The van der Waals surface area contributed by atoms with E-state index in [0.717, 1.165) is 17.7 Å². The largest absolute Gasteiger partial charge is 0.489 e. The fraction of sp³-hybridized carbons (Fsp3) is 0.222. The summed E-state index contributed by atoms with van der Waals surface area (Å²) in [6, 6.07) is 26.0. The number of benzene rings is 3. The van der Waals surface area contributed by atoms with E-state index in [2.05, 4.69) is 12.1 Å². The minimum absolute atomic E-state index is 0.0934. The van der Waals surface area contributed by atoms with Gasteiger partial charge >= 0.3 is 0 Å². The number of hydrogen-bond acceptors (Lipinski definition) is 5. The molecule has 166 valence electrons. The third-order valence-corrected chi connectivity index (χ3v) is 5.17. The van der Waals surface area contributed by atoms with Crippen LogP contribution in [0.3, 0.4) is 0 Å². The Morgan fingerprint density at radius 2 is 1.67 bits per heavy atom. The van der Waals surface area contributed by atoms with Crippen molar-refractivity contribution < 1.29 is 9.53 Å². The van der Waals surface area contributed by atoms with E-state index in [1.807, 2.05) is 49.3 Å². The first kappa shape index (κ1) is 23.5. The van der Waals surface area contributed by atoms with Crippen molar-refractivity contribution in [3.8, 4) is 17.9 Å². The van der Waals surface area contributed by atoms with E-state index < -0.39 is 0 Å². The van der Waals surface area contributed by atoms with Crippen LogP contribution in [0.4, 0.5) is 0 Å². The lowest BCUT2D eigenvalue weighted by molar-refractivity contribution is 0.0731. The summed E-state index contributed by atoms with van der Waals surface area (Å²) >= 11 is 0. The van der Waals surface area contributed by atoms with Gasteiger partial charge in [0.15, 0.2) is 0 Å². The van der Waals surface area contributed by atoms with Gasteiger partial charge in [0.2, 0.25) is 0 Å². The molecule has 0 radical (unpaired) electrons. The molecule has 33 heavy (non-hydrogen) atoms. The minimum Gasteiger partial charge on any atom is -0.489 e. The molecule has 0 aliphatic rings. The monoisotopic (exact) mass is 438 g/mol. The van der Waals surface area contributed by atoms with Gasteiger partial charge in [-0.15, -0.1) is 0 Å². The van der Waals surface area contributed by atoms with Gasteiger partial charge in [-0.25, -0.2) is 0 Å². The maximum absolute atomic E-state index is 13.4. The molecule has 6 nitrogen and oxygen atoms in total. The van der Waals surface area contributed by atoms with Crippen molar-refractivity contribution in [2.24, 2.45) is 0 Å². The van der Waals surface area contributed by atoms with Crippen molar-refractivity contribution in [2.75, 3.05) is 27.2 Å². The summed E-state index contributed by atoms with van der Waals surface area (Å²) in [5.41, 5.74) is 3.45. The zero-order chi connectivity index (χ0) is 23.6. The van der Waals surface area contributed by atoms with Crippen LogP contribution < -0.4 is 4.74 Å². The molecule has 3 rings (SSSR count). The highest BCUT2D eigenvalue weighted by Gasteiger charge is 2.17. The van der Waals surface area contributed by atoms with Crippen LogP contribution in [0.25, 0.3) is 0 Å². The van der Waals surface area contributed by atoms with E-state index in [0.29, 0.717) is 35.5 Å². The van der Waals surface area contributed by atoms with Crippen LogP contribution in [0.1, 0.15) is 32.6 Å². The smallest absolute Gasteiger partial charge is 0.254 e. The highest BCUT2D eigenvalue weighted by atomic mass is 16.5. The highest BCUT2D eigenvalue weighted by molar-refractivity contribution is 5.94. The summed E-state index contributed by atoms with van der Waals surface area (Å²) < 4.78 is 5.89. The Kier molecular flexibility index (Phi) is 8.18. The number of nitrogens with zero attached hydrogens (tertiary/aromatic N) is 4. The third kappa shape index (κ3) is 6.67. The first-order valence-corrected chi connectivity index (χ1v) is 10.6. The quantitative estimate of drug-likeness (QED) is 0.500. The van der Waals surface area contributed by atoms with E-state index in [9.17, 15) is 10.1 Å². The van der Waals surface area contributed by atoms with Gasteiger partial charge in [-0.2, -0.15) is 10.5 Å². The fourth-order valence-electron chi connectivity index (χ4n) is 3.30. The summed E-state index contributed by atoms with van der Waals surface area (Å²) in [6.45, 7) is 1.98. The van der Waals surface area contributed by atoms with Crippen LogP contribution in [-0.2, 0) is 13.2 Å². The lowest BCUT2D eigenvalue weighted by Crippen LogP contribution is -2.36. The normalized spacial score (nSPS) is 10.3. The molecule has 6 heteroatoms. The van der Waals surface area contributed by atoms with Crippen molar-refractivity contribution in [3.05, 3.63) is 101 Å².